The zero-order valence-electron chi connectivity index (χ0n) is 37.4. The molecule has 0 atom stereocenters. The smallest absolute Gasteiger partial charge is 0.166 e. The number of carbonyl (C=O) groups is 2. The molecule has 0 aliphatic heterocycles. The van der Waals surface area contributed by atoms with Crippen molar-refractivity contribution < 1.29 is 9.59 Å². The lowest BCUT2D eigenvalue weighted by Crippen LogP contribution is -1.97. The van der Waals surface area contributed by atoms with Gasteiger partial charge in [0.2, 0.25) is 0 Å². The van der Waals surface area contributed by atoms with Crippen LogP contribution in [0, 0.1) is 11.8 Å². The number of H-pyrrole nitrogens is 2. The summed E-state index contributed by atoms with van der Waals surface area (Å²) in [6.45, 7) is 9.11. The summed E-state index contributed by atoms with van der Waals surface area (Å²) in [6.07, 6.45) is 47.0. The zero-order valence-corrected chi connectivity index (χ0v) is 37.4. The van der Waals surface area contributed by atoms with E-state index in [0.29, 0.717) is 0 Å². The van der Waals surface area contributed by atoms with Gasteiger partial charge >= 0.3 is 0 Å². The van der Waals surface area contributed by atoms with Crippen LogP contribution in [0.5, 0.6) is 0 Å². The van der Waals surface area contributed by atoms with Gasteiger partial charge < -0.3 is 9.97 Å². The van der Waals surface area contributed by atoms with E-state index in [2.05, 4.69) is 49.5 Å². The molecular formula is C52H88N2O2. The summed E-state index contributed by atoms with van der Waals surface area (Å²) in [4.78, 5) is 32.0. The Bertz CT molecular complexity index is 1220. The highest BCUT2D eigenvalue weighted by atomic mass is 16.1. The van der Waals surface area contributed by atoms with Gasteiger partial charge in [-0.1, -0.05) is 207 Å². The molecule has 2 N–H and O–H groups in total. The minimum Gasteiger partial charge on any atom is -0.345 e. The molecule has 0 aliphatic carbocycles. The van der Waals surface area contributed by atoms with E-state index in [1.807, 2.05) is 0 Å². The lowest BCUT2D eigenvalue weighted by Gasteiger charge is -2.08. The van der Waals surface area contributed by atoms with Crippen LogP contribution in [0.3, 0.4) is 0 Å². The quantitative estimate of drug-likeness (QED) is 0.0405. The number of hydrogen-bond acceptors (Lipinski definition) is 2. The van der Waals surface area contributed by atoms with Crippen LogP contribution in [0.15, 0.2) is 0 Å². The van der Waals surface area contributed by atoms with Gasteiger partial charge in [0.05, 0.1) is 22.8 Å². The van der Waals surface area contributed by atoms with Gasteiger partial charge in [-0.2, -0.15) is 0 Å². The Kier molecular flexibility index (Phi) is 30.6. The van der Waals surface area contributed by atoms with Crippen molar-refractivity contribution in [3.8, 4) is 11.8 Å². The second kappa shape index (κ2) is 34.5. The Labute approximate surface area is 346 Å². The molecule has 0 spiro atoms. The van der Waals surface area contributed by atoms with Crippen LogP contribution in [-0.4, -0.2) is 22.5 Å². The fraction of sp³-hybridized carbons (Fsp3) is 0.769. The fourth-order valence-corrected chi connectivity index (χ4v) is 8.60. The van der Waals surface area contributed by atoms with E-state index in [1.165, 1.54) is 202 Å². The first-order valence-corrected chi connectivity index (χ1v) is 24.5. The molecule has 4 heteroatoms. The zero-order chi connectivity index (χ0) is 40.3. The van der Waals surface area contributed by atoms with Gasteiger partial charge in [0.25, 0.3) is 0 Å². The highest BCUT2D eigenvalue weighted by Gasteiger charge is 2.18. The lowest BCUT2D eigenvalue weighted by atomic mass is 9.95. The predicted molar refractivity (Wildman–Crippen MR) is 244 cm³/mol. The molecule has 2 rings (SSSR count). The number of aromatic amines is 2. The van der Waals surface area contributed by atoms with Gasteiger partial charge in [0.15, 0.2) is 12.6 Å². The molecule has 0 bridgehead atoms. The molecule has 2 heterocycles. The minimum atomic E-state index is 0.724. The molecule has 4 nitrogen and oxygen atoms in total. The maximum Gasteiger partial charge on any atom is 0.166 e. The molecular weight excluding hydrogens is 685 g/mol. The number of aldehydes is 2. The second-order valence-corrected chi connectivity index (χ2v) is 17.1. The van der Waals surface area contributed by atoms with Crippen LogP contribution in [0.4, 0.5) is 0 Å². The van der Waals surface area contributed by atoms with Gasteiger partial charge in [-0.25, -0.2) is 0 Å². The van der Waals surface area contributed by atoms with Crippen LogP contribution >= 0.6 is 0 Å². The standard InChI is InChI=1S/C52H88N2O2/c1-5-9-13-17-21-25-29-33-37-45-47(39-35-31-27-23-19-15-11-7-3)51(43-55)53-49(45)41-42-50-46(38-34-30-26-22-18-14-10-6-2)48(52(44-56)54-50)40-36-32-28-24-20-16-12-8-4/h43-44,53-54H,5-40H2,1-4H3. The largest absolute Gasteiger partial charge is 0.345 e. The Morgan fingerprint density at radius 1 is 0.321 bits per heavy atom. The maximum absolute atomic E-state index is 12.5. The van der Waals surface area contributed by atoms with Gasteiger partial charge in [-0.15, -0.1) is 0 Å². The third-order valence-electron chi connectivity index (χ3n) is 12.2. The average Bonchev–Trinajstić information content (AvgIpc) is 3.73. The number of unbranched alkanes of at least 4 members (excludes halogenated alkanes) is 28. The average molecular weight is 773 g/mol. The van der Waals surface area contributed by atoms with Gasteiger partial charge in [-0.05, 0) is 85.5 Å². The molecule has 318 valence electrons. The van der Waals surface area contributed by atoms with E-state index in [4.69, 9.17) is 0 Å². The van der Waals surface area contributed by atoms with Crippen molar-refractivity contribution in [2.75, 3.05) is 0 Å². The van der Waals surface area contributed by atoms with Crippen LogP contribution in [0.2, 0.25) is 0 Å². The van der Waals surface area contributed by atoms with Crippen molar-refractivity contribution in [3.63, 3.8) is 0 Å². The highest BCUT2D eigenvalue weighted by molar-refractivity contribution is 5.78. The first-order valence-electron chi connectivity index (χ1n) is 24.5. The summed E-state index contributed by atoms with van der Waals surface area (Å²) < 4.78 is 0. The van der Waals surface area contributed by atoms with E-state index in [-0.39, 0.29) is 0 Å². The molecule has 0 saturated carbocycles. The summed E-state index contributed by atoms with van der Waals surface area (Å²) in [5, 5.41) is 0. The highest BCUT2D eigenvalue weighted by Crippen LogP contribution is 2.27. The molecule has 56 heavy (non-hydrogen) atoms. The van der Waals surface area contributed by atoms with E-state index in [9.17, 15) is 9.59 Å². The molecule has 0 amide bonds. The molecule has 2 aromatic heterocycles. The van der Waals surface area contributed by atoms with Crippen molar-refractivity contribution in [2.45, 2.75) is 259 Å². The molecule has 0 saturated heterocycles. The van der Waals surface area contributed by atoms with Crippen molar-refractivity contribution in [3.05, 3.63) is 45.0 Å². The Morgan fingerprint density at radius 3 is 0.768 bits per heavy atom. The maximum atomic E-state index is 12.5. The molecule has 0 unspecified atom stereocenters. The Balaban J connectivity index is 2.29. The summed E-state index contributed by atoms with van der Waals surface area (Å²) in [6, 6.07) is 0. The van der Waals surface area contributed by atoms with Crippen molar-refractivity contribution in [1.82, 2.24) is 9.97 Å². The SMILES string of the molecule is CCCCCCCCCCc1c(C#Cc2[nH]c(C=O)c(CCCCCCCCCC)c2CCCCCCCCCC)[nH]c(C=O)c1CCCCCCCCCC. The van der Waals surface area contributed by atoms with Crippen LogP contribution < -0.4 is 0 Å². The number of hydrogen-bond donors (Lipinski definition) is 2. The molecule has 0 aromatic carbocycles. The number of nitrogens with one attached hydrogen (secondary N) is 2. The van der Waals surface area contributed by atoms with Gasteiger partial charge in [0, 0.05) is 0 Å². The number of rotatable bonds is 38. The number of aromatic nitrogens is 2. The summed E-state index contributed by atoms with van der Waals surface area (Å²) in [5.74, 6) is 7.11. The first kappa shape index (κ1) is 49.6. The second-order valence-electron chi connectivity index (χ2n) is 17.1. The molecule has 0 fully saturated rings. The summed E-state index contributed by atoms with van der Waals surface area (Å²) >= 11 is 0. The summed E-state index contributed by atoms with van der Waals surface area (Å²) in [7, 11) is 0. The van der Waals surface area contributed by atoms with Gasteiger partial charge in [0.1, 0.15) is 0 Å². The minimum absolute atomic E-state index is 0.724. The van der Waals surface area contributed by atoms with E-state index in [1.54, 1.807) is 0 Å². The topological polar surface area (TPSA) is 65.7 Å². The van der Waals surface area contributed by atoms with Crippen molar-refractivity contribution >= 4 is 12.6 Å². The summed E-state index contributed by atoms with van der Waals surface area (Å²) in [5.41, 5.74) is 8.20. The normalized spacial score (nSPS) is 11.3. The molecule has 0 aliphatic rings. The lowest BCUT2D eigenvalue weighted by molar-refractivity contribution is 0.111. The Morgan fingerprint density at radius 2 is 0.536 bits per heavy atom. The monoisotopic (exact) mass is 773 g/mol. The van der Waals surface area contributed by atoms with E-state index in [0.717, 1.165) is 86.7 Å². The van der Waals surface area contributed by atoms with Crippen LogP contribution in [-0.2, 0) is 25.7 Å². The van der Waals surface area contributed by atoms with E-state index >= 15 is 0 Å². The van der Waals surface area contributed by atoms with Crippen molar-refractivity contribution in [1.29, 1.82) is 0 Å². The van der Waals surface area contributed by atoms with Crippen LogP contribution in [0.25, 0.3) is 0 Å². The molecule has 2 aromatic rings. The van der Waals surface area contributed by atoms with Crippen LogP contribution in [0.1, 0.15) is 288 Å². The third-order valence-corrected chi connectivity index (χ3v) is 12.2. The van der Waals surface area contributed by atoms with Gasteiger partial charge in [-0.3, -0.25) is 9.59 Å². The van der Waals surface area contributed by atoms with Crippen molar-refractivity contribution in [2.24, 2.45) is 0 Å². The van der Waals surface area contributed by atoms with E-state index < -0.39 is 0 Å². The third kappa shape index (κ3) is 21.3. The predicted octanol–water partition coefficient (Wildman–Crippen LogP) is 16.1. The first-order chi connectivity index (χ1) is 27.6. The Hall–Kier alpha value is -2.54. The number of carbonyl (C=O) groups excluding carboxylic acids is 2. The molecule has 0 radical (unpaired) electrons. The fourth-order valence-electron chi connectivity index (χ4n) is 8.60.